The molecule has 0 aromatic heterocycles. The normalized spacial score (nSPS) is 39.3. The van der Waals surface area contributed by atoms with Gasteiger partial charge in [0, 0.05) is 0 Å². The molecule has 0 N–H and O–H groups in total. The first kappa shape index (κ1) is 10.2. The Hall–Kier alpha value is -0.780. The molecule has 3 aliphatic rings. The number of aryl methyl sites for hydroxylation is 1. The van der Waals surface area contributed by atoms with Crippen LogP contribution in [0.5, 0.6) is 0 Å². The van der Waals surface area contributed by atoms with Crippen LogP contribution in [0, 0.1) is 17.8 Å². The van der Waals surface area contributed by atoms with Crippen molar-refractivity contribution in [3.63, 3.8) is 0 Å². The minimum absolute atomic E-state index is 0.916. The van der Waals surface area contributed by atoms with E-state index in [-0.39, 0.29) is 0 Å². The van der Waals surface area contributed by atoms with E-state index in [0.717, 1.165) is 23.7 Å². The molecule has 0 heterocycles. The third kappa shape index (κ3) is 1.49. The first-order valence-corrected chi connectivity index (χ1v) is 7.51. The molecule has 4 unspecified atom stereocenters. The summed E-state index contributed by atoms with van der Waals surface area (Å²) >= 11 is 0. The van der Waals surface area contributed by atoms with E-state index < -0.39 is 0 Å². The zero-order chi connectivity index (χ0) is 11.2. The summed E-state index contributed by atoms with van der Waals surface area (Å²) < 4.78 is 0. The standard InChI is InChI=1S/C17H22/c1-2-6-14-12(4-1)8-10-17-15-7-3-5-13(15)9-11-16(14)17/h1-2,4,6,13,15-17H,3,5,7-11H2. The molecule has 90 valence electrons. The van der Waals surface area contributed by atoms with Crippen LogP contribution in [0.15, 0.2) is 24.3 Å². The molecule has 3 aliphatic carbocycles. The van der Waals surface area contributed by atoms with Crippen LogP contribution >= 0.6 is 0 Å². The van der Waals surface area contributed by atoms with E-state index in [1.54, 1.807) is 11.1 Å². The van der Waals surface area contributed by atoms with Gasteiger partial charge in [-0.1, -0.05) is 37.1 Å². The van der Waals surface area contributed by atoms with E-state index >= 15 is 0 Å². The Bertz CT molecular complexity index is 420. The zero-order valence-corrected chi connectivity index (χ0v) is 10.6. The second-order valence-electron chi connectivity index (χ2n) is 6.44. The second-order valence-corrected chi connectivity index (χ2v) is 6.44. The van der Waals surface area contributed by atoms with Gasteiger partial charge >= 0.3 is 0 Å². The molecule has 0 amide bonds. The summed E-state index contributed by atoms with van der Waals surface area (Å²) in [7, 11) is 0. The van der Waals surface area contributed by atoms with Gasteiger partial charge in [-0.25, -0.2) is 0 Å². The summed E-state index contributed by atoms with van der Waals surface area (Å²) in [6.45, 7) is 0. The maximum absolute atomic E-state index is 2.42. The van der Waals surface area contributed by atoms with Gasteiger partial charge in [-0.15, -0.1) is 0 Å². The summed E-state index contributed by atoms with van der Waals surface area (Å²) in [5.41, 5.74) is 3.37. The fourth-order valence-corrected chi connectivity index (χ4v) is 5.14. The molecule has 17 heavy (non-hydrogen) atoms. The molecule has 0 aliphatic heterocycles. The van der Waals surface area contributed by atoms with Gasteiger partial charge in [0.1, 0.15) is 0 Å². The molecule has 0 radical (unpaired) electrons. The molecule has 1 aromatic carbocycles. The lowest BCUT2D eigenvalue weighted by molar-refractivity contribution is 0.137. The average Bonchev–Trinajstić information content (AvgIpc) is 2.86. The fourth-order valence-electron chi connectivity index (χ4n) is 5.14. The van der Waals surface area contributed by atoms with Crippen LogP contribution in [0.2, 0.25) is 0 Å². The summed E-state index contributed by atoms with van der Waals surface area (Å²) in [6, 6.07) is 9.26. The molecule has 2 fully saturated rings. The van der Waals surface area contributed by atoms with E-state index in [0.29, 0.717) is 0 Å². The fraction of sp³-hybridized carbons (Fsp3) is 0.647. The predicted molar refractivity (Wildman–Crippen MR) is 71.1 cm³/mol. The van der Waals surface area contributed by atoms with Crippen LogP contribution in [-0.2, 0) is 6.42 Å². The van der Waals surface area contributed by atoms with E-state index in [1.807, 2.05) is 0 Å². The Morgan fingerprint density at radius 2 is 1.76 bits per heavy atom. The van der Waals surface area contributed by atoms with Crippen LogP contribution in [-0.4, -0.2) is 0 Å². The van der Waals surface area contributed by atoms with E-state index in [4.69, 9.17) is 0 Å². The second kappa shape index (κ2) is 3.86. The Balaban J connectivity index is 1.71. The van der Waals surface area contributed by atoms with Crippen molar-refractivity contribution in [3.05, 3.63) is 35.4 Å². The molecule has 0 spiro atoms. The Labute approximate surface area is 104 Å². The highest BCUT2D eigenvalue weighted by atomic mass is 14.5. The lowest BCUT2D eigenvalue weighted by Crippen LogP contribution is -2.33. The molecule has 0 saturated heterocycles. The lowest BCUT2D eigenvalue weighted by Gasteiger charge is -2.44. The number of hydrogen-bond acceptors (Lipinski definition) is 0. The zero-order valence-electron chi connectivity index (χ0n) is 10.6. The largest absolute Gasteiger partial charge is 0.0620 e. The topological polar surface area (TPSA) is 0 Å². The highest BCUT2D eigenvalue weighted by molar-refractivity contribution is 5.34. The summed E-state index contributed by atoms with van der Waals surface area (Å²) in [6.07, 6.45) is 10.4. The lowest BCUT2D eigenvalue weighted by atomic mass is 9.61. The number of benzene rings is 1. The molecule has 4 rings (SSSR count). The third-order valence-electron chi connectivity index (χ3n) is 5.83. The molecule has 0 nitrogen and oxygen atoms in total. The van der Waals surface area contributed by atoms with Crippen LogP contribution < -0.4 is 0 Å². The summed E-state index contributed by atoms with van der Waals surface area (Å²) in [5.74, 6) is 4.13. The SMILES string of the molecule is c1ccc2c(c1)CCC1C2CCC2CCCC21. The molecule has 0 bridgehead atoms. The molecular weight excluding hydrogens is 204 g/mol. The van der Waals surface area contributed by atoms with Gasteiger partial charge in [0.25, 0.3) is 0 Å². The highest BCUT2D eigenvalue weighted by Crippen LogP contribution is 2.54. The van der Waals surface area contributed by atoms with E-state index in [9.17, 15) is 0 Å². The molecular formula is C17H22. The van der Waals surface area contributed by atoms with Gasteiger partial charge in [-0.05, 0) is 66.9 Å². The van der Waals surface area contributed by atoms with Gasteiger partial charge in [0.15, 0.2) is 0 Å². The Kier molecular flexibility index (Phi) is 2.31. The van der Waals surface area contributed by atoms with E-state index in [1.165, 1.54) is 44.9 Å². The minimum atomic E-state index is 0.916. The first-order valence-electron chi connectivity index (χ1n) is 7.51. The van der Waals surface area contributed by atoms with Gasteiger partial charge in [0.2, 0.25) is 0 Å². The summed E-state index contributed by atoms with van der Waals surface area (Å²) in [5, 5.41) is 0. The first-order chi connectivity index (χ1) is 8.43. The van der Waals surface area contributed by atoms with Crippen LogP contribution in [0.4, 0.5) is 0 Å². The van der Waals surface area contributed by atoms with E-state index in [2.05, 4.69) is 24.3 Å². The average molecular weight is 226 g/mol. The minimum Gasteiger partial charge on any atom is -0.0620 e. The smallest absolute Gasteiger partial charge is 0.0128 e. The number of hydrogen-bond donors (Lipinski definition) is 0. The summed E-state index contributed by atoms with van der Waals surface area (Å²) in [4.78, 5) is 0. The van der Waals surface area contributed by atoms with Crippen molar-refractivity contribution in [2.75, 3.05) is 0 Å². The molecule has 1 aromatic rings. The van der Waals surface area contributed by atoms with Crippen molar-refractivity contribution in [2.45, 2.75) is 50.9 Å². The van der Waals surface area contributed by atoms with Crippen LogP contribution in [0.25, 0.3) is 0 Å². The van der Waals surface area contributed by atoms with Crippen molar-refractivity contribution >= 4 is 0 Å². The quantitative estimate of drug-likeness (QED) is 0.609. The number of fused-ring (bicyclic) bond motifs is 5. The van der Waals surface area contributed by atoms with Crippen molar-refractivity contribution in [2.24, 2.45) is 17.8 Å². The Morgan fingerprint density at radius 1 is 0.824 bits per heavy atom. The monoisotopic (exact) mass is 226 g/mol. The predicted octanol–water partition coefficient (Wildman–Crippen LogP) is 4.54. The third-order valence-corrected chi connectivity index (χ3v) is 5.83. The van der Waals surface area contributed by atoms with Crippen molar-refractivity contribution in [1.82, 2.24) is 0 Å². The van der Waals surface area contributed by atoms with Gasteiger partial charge in [0.05, 0.1) is 0 Å². The van der Waals surface area contributed by atoms with Gasteiger partial charge in [-0.2, -0.15) is 0 Å². The maximum atomic E-state index is 2.42. The van der Waals surface area contributed by atoms with Crippen molar-refractivity contribution in [3.8, 4) is 0 Å². The van der Waals surface area contributed by atoms with Crippen LogP contribution in [0.1, 0.15) is 55.6 Å². The van der Waals surface area contributed by atoms with Crippen LogP contribution in [0.3, 0.4) is 0 Å². The molecule has 0 heteroatoms. The maximum Gasteiger partial charge on any atom is -0.0128 e. The molecule has 4 atom stereocenters. The van der Waals surface area contributed by atoms with Gasteiger partial charge in [-0.3, -0.25) is 0 Å². The van der Waals surface area contributed by atoms with Crippen molar-refractivity contribution in [1.29, 1.82) is 0 Å². The van der Waals surface area contributed by atoms with Gasteiger partial charge < -0.3 is 0 Å². The highest BCUT2D eigenvalue weighted by Gasteiger charge is 2.43. The Morgan fingerprint density at radius 3 is 2.76 bits per heavy atom. The molecule has 2 saturated carbocycles. The number of rotatable bonds is 0. The van der Waals surface area contributed by atoms with Crippen molar-refractivity contribution < 1.29 is 0 Å².